The van der Waals surface area contributed by atoms with Gasteiger partial charge >= 0.3 is 0 Å². The first kappa shape index (κ1) is 22.0. The molecule has 2 aromatic carbocycles. The predicted molar refractivity (Wildman–Crippen MR) is 116 cm³/mol. The fourth-order valence-corrected chi connectivity index (χ4v) is 3.83. The summed E-state index contributed by atoms with van der Waals surface area (Å²) in [5, 5.41) is 20.0. The van der Waals surface area contributed by atoms with Crippen molar-refractivity contribution in [2.24, 2.45) is 0 Å². The average Bonchev–Trinajstić information content (AvgIpc) is 3.17. The monoisotopic (exact) mass is 451 g/mol. The Balaban J connectivity index is 1.64. The van der Waals surface area contributed by atoms with Gasteiger partial charge < -0.3 is 20.6 Å². The lowest BCUT2D eigenvalue weighted by atomic mass is 10.0. The average molecular weight is 451 g/mol. The van der Waals surface area contributed by atoms with Gasteiger partial charge in [-0.3, -0.25) is 14.4 Å². The number of fused-ring (bicyclic) bond motifs is 1. The zero-order chi connectivity index (χ0) is 23.7. The number of carbonyl (C=O) groups excluding carboxylic acids is 3. The molecule has 0 fully saturated rings. The molecule has 2 heterocycles. The Morgan fingerprint density at radius 1 is 1.18 bits per heavy atom. The third-order valence-corrected chi connectivity index (χ3v) is 5.56. The maximum Gasteiger partial charge on any atom is 0.275 e. The Morgan fingerprint density at radius 2 is 1.91 bits per heavy atom. The number of halogens is 1. The highest BCUT2D eigenvalue weighted by atomic mass is 19.1. The van der Waals surface area contributed by atoms with E-state index in [1.54, 1.807) is 7.05 Å². The fourth-order valence-electron chi connectivity index (χ4n) is 3.83. The van der Waals surface area contributed by atoms with Gasteiger partial charge in [0.05, 0.1) is 6.04 Å². The first-order valence-electron chi connectivity index (χ1n) is 10.2. The molecule has 3 amide bonds. The third-order valence-electron chi connectivity index (χ3n) is 5.56. The molecule has 0 bridgehead atoms. The smallest absolute Gasteiger partial charge is 0.275 e. The predicted octanol–water partition coefficient (Wildman–Crippen LogP) is 1.69. The lowest BCUT2D eigenvalue weighted by Gasteiger charge is -2.31. The van der Waals surface area contributed by atoms with Crippen LogP contribution in [0.2, 0.25) is 0 Å². The van der Waals surface area contributed by atoms with E-state index >= 15 is 0 Å². The Morgan fingerprint density at radius 3 is 2.61 bits per heavy atom. The van der Waals surface area contributed by atoms with E-state index in [-0.39, 0.29) is 29.5 Å². The third kappa shape index (κ3) is 4.02. The Kier molecular flexibility index (Phi) is 5.82. The Bertz CT molecular complexity index is 1240. The summed E-state index contributed by atoms with van der Waals surface area (Å²) in [6.07, 6.45) is 0. The van der Waals surface area contributed by atoms with Gasteiger partial charge in [-0.1, -0.05) is 36.4 Å². The number of benzene rings is 2. The number of likely N-dealkylation sites (N-methyl/N-ethyl adjacent to an activating group) is 1. The number of hydrogen-bond donors (Lipinski definition) is 3. The molecule has 33 heavy (non-hydrogen) atoms. The van der Waals surface area contributed by atoms with Gasteiger partial charge in [-0.15, -0.1) is 0 Å². The Hall–Kier alpha value is -4.21. The van der Waals surface area contributed by atoms with Crippen molar-refractivity contribution in [3.63, 3.8) is 0 Å². The van der Waals surface area contributed by atoms with E-state index < -0.39 is 29.3 Å². The van der Waals surface area contributed by atoms with Crippen LogP contribution in [-0.2, 0) is 6.54 Å². The second kappa shape index (κ2) is 8.73. The standard InChI is InChI=1S/C23H22FN5O4/c1-25-21(31)16-10-15(24)9-8-14(16)11-26-22(32)18-20(30)19-23(33)28(2)12-17(29(19)27-18)13-6-4-3-5-7-13/h3-10,17,30H,11-12H2,1-2H3,(H,25,31)(H,26,32)/t17-/m0/s1. The number of amides is 3. The zero-order valence-electron chi connectivity index (χ0n) is 18.0. The van der Waals surface area contributed by atoms with E-state index in [1.165, 1.54) is 28.8 Å². The first-order chi connectivity index (χ1) is 15.8. The van der Waals surface area contributed by atoms with Crippen molar-refractivity contribution in [3.8, 4) is 5.75 Å². The largest absolute Gasteiger partial charge is 0.504 e. The van der Waals surface area contributed by atoms with Gasteiger partial charge in [0, 0.05) is 32.7 Å². The number of aromatic hydroxyl groups is 1. The highest BCUT2D eigenvalue weighted by molar-refractivity contribution is 6.02. The molecule has 9 nitrogen and oxygen atoms in total. The molecule has 4 rings (SSSR count). The molecule has 3 N–H and O–H groups in total. The molecule has 10 heteroatoms. The normalized spacial score (nSPS) is 15.2. The van der Waals surface area contributed by atoms with Crippen LogP contribution < -0.4 is 10.6 Å². The summed E-state index contributed by atoms with van der Waals surface area (Å²) in [6.45, 7) is 0.211. The van der Waals surface area contributed by atoms with Gasteiger partial charge in [0.25, 0.3) is 17.7 Å². The molecule has 0 radical (unpaired) electrons. The van der Waals surface area contributed by atoms with Gasteiger partial charge in [-0.2, -0.15) is 5.10 Å². The second-order valence-electron chi connectivity index (χ2n) is 7.67. The molecule has 1 aliphatic rings. The van der Waals surface area contributed by atoms with Crippen molar-refractivity contribution in [1.82, 2.24) is 25.3 Å². The highest BCUT2D eigenvalue weighted by Crippen LogP contribution is 2.33. The summed E-state index contributed by atoms with van der Waals surface area (Å²) in [6, 6.07) is 12.6. The van der Waals surface area contributed by atoms with Crippen LogP contribution in [-0.4, -0.2) is 58.1 Å². The van der Waals surface area contributed by atoms with Crippen LogP contribution in [0.25, 0.3) is 0 Å². The van der Waals surface area contributed by atoms with Crippen LogP contribution in [0.15, 0.2) is 48.5 Å². The summed E-state index contributed by atoms with van der Waals surface area (Å²) >= 11 is 0. The van der Waals surface area contributed by atoms with E-state index in [9.17, 15) is 23.9 Å². The summed E-state index contributed by atoms with van der Waals surface area (Å²) in [5.74, 6) is -2.79. The van der Waals surface area contributed by atoms with Crippen LogP contribution in [0.5, 0.6) is 5.75 Å². The quantitative estimate of drug-likeness (QED) is 0.546. The van der Waals surface area contributed by atoms with Crippen molar-refractivity contribution in [3.05, 3.63) is 82.4 Å². The maximum absolute atomic E-state index is 13.6. The van der Waals surface area contributed by atoms with E-state index in [0.717, 1.165) is 11.6 Å². The van der Waals surface area contributed by atoms with E-state index in [1.807, 2.05) is 30.3 Å². The van der Waals surface area contributed by atoms with E-state index in [4.69, 9.17) is 0 Å². The van der Waals surface area contributed by atoms with Crippen LogP contribution >= 0.6 is 0 Å². The summed E-state index contributed by atoms with van der Waals surface area (Å²) in [4.78, 5) is 39.1. The summed E-state index contributed by atoms with van der Waals surface area (Å²) in [7, 11) is 3.03. The van der Waals surface area contributed by atoms with Gasteiger partial charge in [-0.05, 0) is 23.3 Å². The molecule has 0 saturated heterocycles. The topological polar surface area (TPSA) is 117 Å². The zero-order valence-corrected chi connectivity index (χ0v) is 18.0. The van der Waals surface area contributed by atoms with Crippen molar-refractivity contribution in [2.45, 2.75) is 12.6 Å². The number of nitrogens with one attached hydrogen (secondary N) is 2. The van der Waals surface area contributed by atoms with Crippen molar-refractivity contribution in [2.75, 3.05) is 20.6 Å². The van der Waals surface area contributed by atoms with Gasteiger partial charge in [0.2, 0.25) is 0 Å². The van der Waals surface area contributed by atoms with Crippen molar-refractivity contribution in [1.29, 1.82) is 0 Å². The molecule has 0 aliphatic carbocycles. The van der Waals surface area contributed by atoms with Gasteiger partial charge in [0.1, 0.15) is 5.82 Å². The molecular weight excluding hydrogens is 429 g/mol. The minimum atomic E-state index is -0.733. The van der Waals surface area contributed by atoms with Crippen LogP contribution in [0.3, 0.4) is 0 Å². The second-order valence-corrected chi connectivity index (χ2v) is 7.67. The number of rotatable bonds is 5. The molecule has 1 aromatic heterocycles. The summed E-state index contributed by atoms with van der Waals surface area (Å²) < 4.78 is 15.0. The number of aromatic nitrogens is 2. The first-order valence-corrected chi connectivity index (χ1v) is 10.2. The number of carbonyl (C=O) groups is 3. The number of nitrogens with zero attached hydrogens (tertiary/aromatic N) is 3. The molecule has 0 spiro atoms. The maximum atomic E-state index is 13.6. The van der Waals surface area contributed by atoms with E-state index in [2.05, 4.69) is 15.7 Å². The molecule has 3 aromatic rings. The lowest BCUT2D eigenvalue weighted by Crippen LogP contribution is -2.41. The van der Waals surface area contributed by atoms with Gasteiger partial charge in [0.15, 0.2) is 17.1 Å². The molecule has 0 unspecified atom stereocenters. The van der Waals surface area contributed by atoms with Crippen LogP contribution in [0.1, 0.15) is 48.5 Å². The van der Waals surface area contributed by atoms with Crippen molar-refractivity contribution >= 4 is 17.7 Å². The SMILES string of the molecule is CNC(=O)c1cc(F)ccc1CNC(=O)c1nn2c(c1O)C(=O)N(C)C[C@H]2c1ccccc1. The molecule has 170 valence electrons. The summed E-state index contributed by atoms with van der Waals surface area (Å²) in [5.41, 5.74) is 0.945. The molecule has 1 aliphatic heterocycles. The van der Waals surface area contributed by atoms with Crippen molar-refractivity contribution < 1.29 is 23.9 Å². The fraction of sp³-hybridized carbons (Fsp3) is 0.217. The minimum Gasteiger partial charge on any atom is -0.504 e. The van der Waals surface area contributed by atoms with Gasteiger partial charge in [-0.25, -0.2) is 9.07 Å². The lowest BCUT2D eigenvalue weighted by molar-refractivity contribution is 0.0719. The Labute approximate surface area is 188 Å². The molecular formula is C23H22FN5O4. The van der Waals surface area contributed by atoms with E-state index in [0.29, 0.717) is 12.1 Å². The number of hydrogen-bond acceptors (Lipinski definition) is 5. The van der Waals surface area contributed by atoms with Crippen LogP contribution in [0, 0.1) is 5.82 Å². The molecule has 0 saturated carbocycles. The minimum absolute atomic E-state index is 0.0735. The highest BCUT2D eigenvalue weighted by Gasteiger charge is 2.37. The molecule has 1 atom stereocenters. The van der Waals surface area contributed by atoms with Crippen LogP contribution in [0.4, 0.5) is 4.39 Å².